The maximum absolute atomic E-state index is 12.9. The fourth-order valence-corrected chi connectivity index (χ4v) is 3.19. The third-order valence-corrected chi connectivity index (χ3v) is 4.22. The maximum atomic E-state index is 12.9. The fourth-order valence-electron chi connectivity index (χ4n) is 3.19. The molecule has 3 rings (SSSR count). The second-order valence-corrected chi connectivity index (χ2v) is 6.05. The molecule has 2 heterocycles. The number of fused-ring (bicyclic) bond motifs is 1. The number of aromatic nitrogens is 1. The monoisotopic (exact) mass is 337 g/mol. The van der Waals surface area contributed by atoms with Gasteiger partial charge in [0.25, 0.3) is 0 Å². The molecule has 1 saturated heterocycles. The zero-order valence-corrected chi connectivity index (χ0v) is 13.2. The van der Waals surface area contributed by atoms with Gasteiger partial charge in [0.2, 0.25) is 5.91 Å². The first-order valence-electron chi connectivity index (χ1n) is 7.82. The average Bonchev–Trinajstić information content (AvgIpc) is 2.52. The van der Waals surface area contributed by atoms with Crippen molar-refractivity contribution in [3.63, 3.8) is 0 Å². The quantitative estimate of drug-likeness (QED) is 0.914. The normalized spacial score (nSPS) is 18.7. The zero-order valence-electron chi connectivity index (χ0n) is 13.2. The van der Waals surface area contributed by atoms with Gasteiger partial charge in [-0.05, 0) is 31.0 Å². The number of hydrogen-bond donors (Lipinski definition) is 1. The van der Waals surface area contributed by atoms with Crippen LogP contribution in [-0.4, -0.2) is 30.0 Å². The molecule has 7 heteroatoms. The lowest BCUT2D eigenvalue weighted by Crippen LogP contribution is -2.47. The first-order valence-corrected chi connectivity index (χ1v) is 7.82. The summed E-state index contributed by atoms with van der Waals surface area (Å²) in [5, 5.41) is 3.60. The van der Waals surface area contributed by atoms with Crippen LogP contribution < -0.4 is 10.2 Å². The molecule has 1 atom stereocenters. The minimum absolute atomic E-state index is 0.0499. The lowest BCUT2D eigenvalue weighted by Gasteiger charge is -2.35. The number of benzene rings is 1. The van der Waals surface area contributed by atoms with Gasteiger partial charge in [-0.2, -0.15) is 13.2 Å². The highest BCUT2D eigenvalue weighted by atomic mass is 19.4. The maximum Gasteiger partial charge on any atom is 0.416 e. The molecular weight excluding hydrogens is 319 g/mol. The number of anilines is 1. The largest absolute Gasteiger partial charge is 0.416 e. The molecule has 0 aliphatic carbocycles. The van der Waals surface area contributed by atoms with Crippen molar-refractivity contribution in [3.8, 4) is 0 Å². The predicted octanol–water partition coefficient (Wildman–Crippen LogP) is 3.36. The Balaban J connectivity index is 1.93. The molecule has 2 aromatic rings. The molecule has 1 unspecified atom stereocenters. The first-order chi connectivity index (χ1) is 11.3. The third kappa shape index (κ3) is 3.44. The average molecular weight is 337 g/mol. The number of pyridine rings is 1. The summed E-state index contributed by atoms with van der Waals surface area (Å²) in [4.78, 5) is 17.4. The van der Waals surface area contributed by atoms with Crippen molar-refractivity contribution in [1.29, 1.82) is 0 Å². The minimum atomic E-state index is -4.38. The highest BCUT2D eigenvalue weighted by Crippen LogP contribution is 2.34. The molecule has 1 N–H and O–H groups in total. The van der Waals surface area contributed by atoms with Crippen LogP contribution in [0.4, 0.5) is 18.9 Å². The number of carbonyl (C=O) groups excluding carboxylic acids is 1. The van der Waals surface area contributed by atoms with E-state index in [-0.39, 0.29) is 11.9 Å². The Bertz CT molecular complexity index is 760. The van der Waals surface area contributed by atoms with Gasteiger partial charge in [-0.15, -0.1) is 0 Å². The second-order valence-electron chi connectivity index (χ2n) is 6.05. The SMILES string of the molecule is CC(=O)NC1CCCN(c2ccnc3cc(C(F)(F)F)ccc23)C1. The Hall–Kier alpha value is -2.31. The van der Waals surface area contributed by atoms with E-state index in [2.05, 4.69) is 15.2 Å². The summed E-state index contributed by atoms with van der Waals surface area (Å²) >= 11 is 0. The Kier molecular flexibility index (Phi) is 4.34. The highest BCUT2D eigenvalue weighted by Gasteiger charge is 2.31. The number of nitrogens with zero attached hydrogens (tertiary/aromatic N) is 2. The van der Waals surface area contributed by atoms with Crippen LogP contribution in [0.15, 0.2) is 30.5 Å². The number of amides is 1. The van der Waals surface area contributed by atoms with Crippen LogP contribution in [0.25, 0.3) is 10.9 Å². The van der Waals surface area contributed by atoms with Gasteiger partial charge in [0.1, 0.15) is 0 Å². The van der Waals surface area contributed by atoms with Crippen molar-refractivity contribution in [2.24, 2.45) is 0 Å². The van der Waals surface area contributed by atoms with Crippen LogP contribution >= 0.6 is 0 Å². The van der Waals surface area contributed by atoms with Crippen molar-refractivity contribution in [2.75, 3.05) is 18.0 Å². The molecule has 1 aromatic heterocycles. The van der Waals surface area contributed by atoms with E-state index >= 15 is 0 Å². The molecule has 1 amide bonds. The summed E-state index contributed by atoms with van der Waals surface area (Å²) < 4.78 is 38.6. The van der Waals surface area contributed by atoms with E-state index in [9.17, 15) is 18.0 Å². The lowest BCUT2D eigenvalue weighted by molar-refractivity contribution is -0.137. The van der Waals surface area contributed by atoms with E-state index in [1.807, 2.05) is 6.07 Å². The number of halogens is 3. The van der Waals surface area contributed by atoms with E-state index in [0.717, 1.165) is 37.2 Å². The van der Waals surface area contributed by atoms with E-state index in [4.69, 9.17) is 0 Å². The summed E-state index contributed by atoms with van der Waals surface area (Å²) in [7, 11) is 0. The van der Waals surface area contributed by atoms with Crippen molar-refractivity contribution >= 4 is 22.5 Å². The molecule has 1 aromatic carbocycles. The lowest BCUT2D eigenvalue weighted by atomic mass is 10.0. The van der Waals surface area contributed by atoms with E-state index in [1.54, 1.807) is 0 Å². The van der Waals surface area contributed by atoms with Gasteiger partial charge in [-0.1, -0.05) is 6.07 Å². The number of nitrogens with one attached hydrogen (secondary N) is 1. The number of hydrogen-bond acceptors (Lipinski definition) is 3. The van der Waals surface area contributed by atoms with Crippen LogP contribution in [0.5, 0.6) is 0 Å². The molecule has 0 bridgehead atoms. The van der Waals surface area contributed by atoms with Gasteiger partial charge in [0.15, 0.2) is 0 Å². The van der Waals surface area contributed by atoms with Gasteiger partial charge in [0.05, 0.1) is 11.1 Å². The van der Waals surface area contributed by atoms with Gasteiger partial charge in [-0.25, -0.2) is 0 Å². The highest BCUT2D eigenvalue weighted by molar-refractivity contribution is 5.92. The van der Waals surface area contributed by atoms with Crippen LogP contribution in [-0.2, 0) is 11.0 Å². The molecule has 0 radical (unpaired) electrons. The number of carbonyl (C=O) groups is 1. The molecule has 128 valence electrons. The molecule has 1 aliphatic heterocycles. The van der Waals surface area contributed by atoms with Crippen molar-refractivity contribution in [1.82, 2.24) is 10.3 Å². The molecular formula is C17H18F3N3O. The topological polar surface area (TPSA) is 45.2 Å². The fraction of sp³-hybridized carbons (Fsp3) is 0.412. The molecule has 24 heavy (non-hydrogen) atoms. The van der Waals surface area contributed by atoms with Crippen LogP contribution in [0.3, 0.4) is 0 Å². The summed E-state index contributed by atoms with van der Waals surface area (Å²) in [6.07, 6.45) is -1.04. The number of piperidine rings is 1. The van der Waals surface area contributed by atoms with Gasteiger partial charge >= 0.3 is 6.18 Å². The molecule has 0 spiro atoms. The summed E-state index contributed by atoms with van der Waals surface area (Å²) in [5.74, 6) is -0.0729. The van der Waals surface area contributed by atoms with Gasteiger partial charge in [-0.3, -0.25) is 9.78 Å². The Morgan fingerprint density at radius 2 is 2.12 bits per heavy atom. The Morgan fingerprint density at radius 1 is 1.33 bits per heavy atom. The summed E-state index contributed by atoms with van der Waals surface area (Å²) in [6, 6.07) is 5.50. The second kappa shape index (κ2) is 6.30. The molecule has 4 nitrogen and oxygen atoms in total. The predicted molar refractivity (Wildman–Crippen MR) is 85.8 cm³/mol. The standard InChI is InChI=1S/C17H18F3N3O/c1-11(24)22-13-3-2-8-23(10-13)16-6-7-21-15-9-12(17(18,19)20)4-5-14(15)16/h4-7,9,13H,2-3,8,10H2,1H3,(H,22,24). The van der Waals surface area contributed by atoms with Crippen LogP contribution in [0, 0.1) is 0 Å². The van der Waals surface area contributed by atoms with Gasteiger partial charge in [0, 0.05) is 43.3 Å². The summed E-state index contributed by atoms with van der Waals surface area (Å²) in [6.45, 7) is 2.93. The Labute approximate surface area is 137 Å². The minimum Gasteiger partial charge on any atom is -0.369 e. The zero-order chi connectivity index (χ0) is 17.3. The van der Waals surface area contributed by atoms with Crippen molar-refractivity contribution in [3.05, 3.63) is 36.0 Å². The summed E-state index contributed by atoms with van der Waals surface area (Å²) in [5.41, 5.74) is 0.474. The van der Waals surface area contributed by atoms with Crippen LogP contribution in [0.1, 0.15) is 25.3 Å². The van der Waals surface area contributed by atoms with Crippen molar-refractivity contribution < 1.29 is 18.0 Å². The number of rotatable bonds is 2. The molecule has 1 fully saturated rings. The number of alkyl halides is 3. The van der Waals surface area contributed by atoms with Crippen LogP contribution in [0.2, 0.25) is 0 Å². The molecule has 1 aliphatic rings. The Morgan fingerprint density at radius 3 is 2.83 bits per heavy atom. The van der Waals surface area contributed by atoms with E-state index < -0.39 is 11.7 Å². The van der Waals surface area contributed by atoms with Crippen molar-refractivity contribution in [2.45, 2.75) is 32.0 Å². The smallest absolute Gasteiger partial charge is 0.369 e. The van der Waals surface area contributed by atoms with E-state index in [1.165, 1.54) is 19.2 Å². The third-order valence-electron chi connectivity index (χ3n) is 4.22. The van der Waals surface area contributed by atoms with Gasteiger partial charge < -0.3 is 10.2 Å². The van der Waals surface area contributed by atoms with E-state index in [0.29, 0.717) is 17.4 Å². The molecule has 0 saturated carbocycles. The first kappa shape index (κ1) is 16.5.